The summed E-state index contributed by atoms with van der Waals surface area (Å²) in [5, 5.41) is -0.705. The first-order valence-corrected chi connectivity index (χ1v) is 6.44. The Labute approximate surface area is 119 Å². The number of esters is 1. The van der Waals surface area contributed by atoms with Crippen LogP contribution in [0, 0.1) is 5.82 Å². The molecule has 0 unspecified atom stereocenters. The summed E-state index contributed by atoms with van der Waals surface area (Å²) in [6.07, 6.45) is 1.52. The van der Waals surface area contributed by atoms with Crippen molar-refractivity contribution in [3.05, 3.63) is 48.4 Å². The SMILES string of the molecule is COC(=O)C(=O)Sc1ccnc(-c2ccc(F)cc2)c1. The van der Waals surface area contributed by atoms with Crippen LogP contribution >= 0.6 is 11.8 Å². The number of halogens is 1. The zero-order valence-electron chi connectivity index (χ0n) is 10.5. The molecule has 102 valence electrons. The topological polar surface area (TPSA) is 56.3 Å². The van der Waals surface area contributed by atoms with Crippen LogP contribution in [0.2, 0.25) is 0 Å². The molecule has 4 nitrogen and oxygen atoms in total. The third-order valence-corrected chi connectivity index (χ3v) is 3.28. The number of aromatic nitrogens is 1. The van der Waals surface area contributed by atoms with E-state index in [0.717, 1.165) is 24.4 Å². The van der Waals surface area contributed by atoms with Crippen LogP contribution in [0.15, 0.2) is 47.5 Å². The number of nitrogens with zero attached hydrogens (tertiary/aromatic N) is 1. The number of pyridine rings is 1. The van der Waals surface area contributed by atoms with E-state index in [9.17, 15) is 14.0 Å². The molecule has 0 N–H and O–H groups in total. The Balaban J connectivity index is 2.22. The number of methoxy groups -OCH3 is 1. The zero-order valence-corrected chi connectivity index (χ0v) is 11.3. The van der Waals surface area contributed by atoms with E-state index in [1.807, 2.05) is 0 Å². The summed E-state index contributed by atoms with van der Waals surface area (Å²) in [4.78, 5) is 27.2. The molecule has 1 aromatic heterocycles. The molecule has 0 atom stereocenters. The molecular formula is C14H10FNO3S. The lowest BCUT2D eigenvalue weighted by atomic mass is 10.1. The van der Waals surface area contributed by atoms with E-state index in [1.165, 1.54) is 18.3 Å². The van der Waals surface area contributed by atoms with Gasteiger partial charge in [0.1, 0.15) is 5.82 Å². The molecule has 1 heterocycles. The van der Waals surface area contributed by atoms with Gasteiger partial charge in [0.2, 0.25) is 0 Å². The summed E-state index contributed by atoms with van der Waals surface area (Å²) >= 11 is 0.761. The fourth-order valence-electron chi connectivity index (χ4n) is 1.49. The first-order valence-electron chi connectivity index (χ1n) is 5.62. The van der Waals surface area contributed by atoms with Crippen LogP contribution < -0.4 is 0 Å². The highest BCUT2D eigenvalue weighted by molar-refractivity contribution is 8.15. The van der Waals surface area contributed by atoms with Crippen molar-refractivity contribution in [2.24, 2.45) is 0 Å². The average molecular weight is 291 g/mol. The fraction of sp³-hybridized carbons (Fsp3) is 0.0714. The van der Waals surface area contributed by atoms with E-state index in [2.05, 4.69) is 9.72 Å². The van der Waals surface area contributed by atoms with Crippen molar-refractivity contribution in [1.29, 1.82) is 0 Å². The third kappa shape index (κ3) is 3.42. The lowest BCUT2D eigenvalue weighted by Crippen LogP contribution is -2.11. The van der Waals surface area contributed by atoms with Crippen molar-refractivity contribution < 1.29 is 18.7 Å². The maximum atomic E-state index is 12.9. The second-order valence-corrected chi connectivity index (χ2v) is 4.81. The minimum atomic E-state index is -0.907. The molecule has 2 rings (SSSR count). The molecule has 1 aromatic carbocycles. The Morgan fingerprint density at radius 2 is 1.90 bits per heavy atom. The van der Waals surface area contributed by atoms with E-state index >= 15 is 0 Å². The van der Waals surface area contributed by atoms with E-state index in [0.29, 0.717) is 10.6 Å². The number of carbonyl (C=O) groups is 2. The first-order chi connectivity index (χ1) is 9.60. The lowest BCUT2D eigenvalue weighted by molar-refractivity contribution is -0.147. The molecule has 0 fully saturated rings. The molecule has 0 aliphatic heterocycles. The predicted octanol–water partition coefficient (Wildman–Crippen LogP) is 2.68. The molecule has 2 aromatic rings. The number of thioether (sulfide) groups is 1. The Bertz CT molecular complexity index is 643. The smallest absolute Gasteiger partial charge is 0.386 e. The highest BCUT2D eigenvalue weighted by Crippen LogP contribution is 2.24. The van der Waals surface area contributed by atoms with Gasteiger partial charge in [-0.2, -0.15) is 0 Å². The van der Waals surface area contributed by atoms with Gasteiger partial charge in [0.05, 0.1) is 12.8 Å². The van der Waals surface area contributed by atoms with Crippen LogP contribution in [0.5, 0.6) is 0 Å². The maximum absolute atomic E-state index is 12.9. The van der Waals surface area contributed by atoms with E-state index < -0.39 is 11.1 Å². The van der Waals surface area contributed by atoms with Gasteiger partial charge >= 0.3 is 11.1 Å². The summed E-state index contributed by atoms with van der Waals surface area (Å²) in [6.45, 7) is 0. The minimum absolute atomic E-state index is 0.333. The van der Waals surface area contributed by atoms with Crippen LogP contribution in [0.4, 0.5) is 4.39 Å². The quantitative estimate of drug-likeness (QED) is 0.484. The minimum Gasteiger partial charge on any atom is -0.463 e. The predicted molar refractivity (Wildman–Crippen MR) is 72.5 cm³/mol. The number of carbonyl (C=O) groups excluding carboxylic acids is 2. The largest absolute Gasteiger partial charge is 0.463 e. The average Bonchev–Trinajstić information content (AvgIpc) is 2.47. The van der Waals surface area contributed by atoms with Crippen molar-refractivity contribution in [3.63, 3.8) is 0 Å². The Kier molecular flexibility index (Phi) is 4.47. The second kappa shape index (κ2) is 6.29. The second-order valence-electron chi connectivity index (χ2n) is 3.76. The van der Waals surface area contributed by atoms with Crippen molar-refractivity contribution in [2.45, 2.75) is 4.90 Å². The highest BCUT2D eigenvalue weighted by atomic mass is 32.2. The maximum Gasteiger partial charge on any atom is 0.386 e. The van der Waals surface area contributed by atoms with Crippen LogP contribution in [-0.4, -0.2) is 23.2 Å². The van der Waals surface area contributed by atoms with Gasteiger partial charge in [-0.15, -0.1) is 0 Å². The van der Waals surface area contributed by atoms with Gasteiger partial charge in [-0.05, 0) is 48.2 Å². The normalized spacial score (nSPS) is 10.1. The fourth-order valence-corrected chi connectivity index (χ4v) is 2.17. The Hall–Kier alpha value is -2.21. The van der Waals surface area contributed by atoms with Crippen LogP contribution in [0.25, 0.3) is 11.3 Å². The number of ether oxygens (including phenoxy) is 1. The first kappa shape index (κ1) is 14.2. The zero-order chi connectivity index (χ0) is 14.5. The van der Waals surface area contributed by atoms with E-state index in [-0.39, 0.29) is 5.82 Å². The molecule has 0 aliphatic rings. The van der Waals surface area contributed by atoms with E-state index in [1.54, 1.807) is 24.3 Å². The van der Waals surface area contributed by atoms with Crippen molar-refractivity contribution in [2.75, 3.05) is 7.11 Å². The van der Waals surface area contributed by atoms with E-state index in [4.69, 9.17) is 0 Å². The summed E-state index contributed by atoms with van der Waals surface area (Å²) in [7, 11) is 1.15. The number of hydrogen-bond acceptors (Lipinski definition) is 5. The number of rotatable bonds is 2. The van der Waals surface area contributed by atoms with Crippen LogP contribution in [0.1, 0.15) is 0 Å². The number of benzene rings is 1. The van der Waals surface area contributed by atoms with Crippen LogP contribution in [-0.2, 0) is 14.3 Å². The molecule has 0 amide bonds. The molecule has 6 heteroatoms. The van der Waals surface area contributed by atoms with Gasteiger partial charge in [-0.1, -0.05) is 0 Å². The number of hydrogen-bond donors (Lipinski definition) is 0. The van der Waals surface area contributed by atoms with Gasteiger partial charge in [-0.25, -0.2) is 9.18 Å². The molecule has 0 aliphatic carbocycles. The van der Waals surface area contributed by atoms with Gasteiger partial charge < -0.3 is 4.74 Å². The molecular weight excluding hydrogens is 281 g/mol. The highest BCUT2D eigenvalue weighted by Gasteiger charge is 2.16. The summed E-state index contributed by atoms with van der Waals surface area (Å²) in [5.41, 5.74) is 1.31. The van der Waals surface area contributed by atoms with Gasteiger partial charge in [0.25, 0.3) is 0 Å². The molecule has 0 spiro atoms. The molecule has 20 heavy (non-hydrogen) atoms. The standard InChI is InChI=1S/C14H10FNO3S/c1-19-13(17)14(18)20-11-6-7-16-12(8-11)9-2-4-10(15)5-3-9/h2-8H,1H3. The summed E-state index contributed by atoms with van der Waals surface area (Å²) < 4.78 is 17.2. The molecule has 0 saturated carbocycles. The van der Waals surface area contributed by atoms with Crippen LogP contribution in [0.3, 0.4) is 0 Å². The van der Waals surface area contributed by atoms with Crippen molar-refractivity contribution in [3.8, 4) is 11.3 Å². The lowest BCUT2D eigenvalue weighted by Gasteiger charge is -2.03. The summed E-state index contributed by atoms with van der Waals surface area (Å²) in [6, 6.07) is 9.10. The molecule has 0 bridgehead atoms. The molecule has 0 saturated heterocycles. The third-order valence-electron chi connectivity index (χ3n) is 2.43. The summed E-state index contributed by atoms with van der Waals surface area (Å²) in [5.74, 6) is -1.24. The Morgan fingerprint density at radius 1 is 1.20 bits per heavy atom. The van der Waals surface area contributed by atoms with Gasteiger partial charge in [-0.3, -0.25) is 9.78 Å². The monoisotopic (exact) mass is 291 g/mol. The van der Waals surface area contributed by atoms with Crippen molar-refractivity contribution >= 4 is 22.8 Å². The van der Waals surface area contributed by atoms with Gasteiger partial charge in [0.15, 0.2) is 0 Å². The van der Waals surface area contributed by atoms with Crippen molar-refractivity contribution in [1.82, 2.24) is 4.98 Å². The Morgan fingerprint density at radius 3 is 2.55 bits per heavy atom. The molecule has 0 radical (unpaired) electrons. The van der Waals surface area contributed by atoms with Gasteiger partial charge in [0, 0.05) is 16.7 Å².